The van der Waals surface area contributed by atoms with E-state index in [-0.39, 0.29) is 35.3 Å². The topological polar surface area (TPSA) is 86.7 Å². The number of nitrogens with zero attached hydrogens (tertiary/aromatic N) is 1. The summed E-state index contributed by atoms with van der Waals surface area (Å²) in [5, 5.41) is 12.3. The van der Waals surface area contributed by atoms with Crippen LogP contribution in [0.3, 0.4) is 0 Å². The average molecular weight is 473 g/mol. The summed E-state index contributed by atoms with van der Waals surface area (Å²) < 4.78 is 55.2. The number of halogens is 3. The lowest BCUT2D eigenvalue weighted by molar-refractivity contribution is 0.0869. The van der Waals surface area contributed by atoms with E-state index in [9.17, 15) is 27.1 Å². The third-order valence-corrected chi connectivity index (χ3v) is 7.59. The van der Waals surface area contributed by atoms with E-state index in [2.05, 4.69) is 5.32 Å². The van der Waals surface area contributed by atoms with Gasteiger partial charge in [-0.2, -0.15) is 4.31 Å². The fraction of sp³-hybridized carbons (Fsp3) is 0.381. The average Bonchev–Trinajstić information content (AvgIpc) is 2.71. The van der Waals surface area contributed by atoms with Crippen LogP contribution in [0, 0.1) is 17.6 Å². The quantitative estimate of drug-likeness (QED) is 0.703. The normalized spacial score (nSPS) is 20.7. The summed E-state index contributed by atoms with van der Waals surface area (Å²) in [7, 11) is -4.19. The van der Waals surface area contributed by atoms with E-state index in [1.807, 2.05) is 6.92 Å². The minimum atomic E-state index is -4.19. The second-order valence-electron chi connectivity index (χ2n) is 7.61. The Hall–Kier alpha value is -2.07. The van der Waals surface area contributed by atoms with E-state index in [4.69, 9.17) is 11.6 Å². The van der Waals surface area contributed by atoms with Crippen LogP contribution in [0.1, 0.15) is 36.5 Å². The number of sulfonamides is 1. The van der Waals surface area contributed by atoms with Gasteiger partial charge >= 0.3 is 0 Å². The molecule has 3 rings (SSSR count). The van der Waals surface area contributed by atoms with E-state index in [0.717, 1.165) is 18.2 Å². The van der Waals surface area contributed by atoms with Crippen molar-refractivity contribution in [1.82, 2.24) is 4.31 Å². The lowest BCUT2D eigenvalue weighted by atomic mass is 9.95. The molecule has 0 spiro atoms. The van der Waals surface area contributed by atoms with E-state index in [1.54, 1.807) is 0 Å². The molecule has 1 fully saturated rings. The molecule has 10 heteroatoms. The van der Waals surface area contributed by atoms with Gasteiger partial charge in [0.25, 0.3) is 5.91 Å². The Morgan fingerprint density at radius 3 is 2.55 bits per heavy atom. The highest BCUT2D eigenvalue weighted by molar-refractivity contribution is 7.89. The lowest BCUT2D eigenvalue weighted by Crippen LogP contribution is -2.38. The molecule has 0 radical (unpaired) electrons. The van der Waals surface area contributed by atoms with Crippen LogP contribution in [0.15, 0.2) is 41.3 Å². The fourth-order valence-corrected chi connectivity index (χ4v) is 5.18. The second-order valence-corrected chi connectivity index (χ2v) is 9.92. The van der Waals surface area contributed by atoms with Gasteiger partial charge in [0, 0.05) is 24.3 Å². The summed E-state index contributed by atoms with van der Waals surface area (Å²) in [6, 6.07) is 6.68. The van der Waals surface area contributed by atoms with Crippen molar-refractivity contribution in [2.45, 2.75) is 37.2 Å². The smallest absolute Gasteiger partial charge is 0.255 e. The van der Waals surface area contributed by atoms with Gasteiger partial charge in [0.05, 0.1) is 11.1 Å². The highest BCUT2D eigenvalue weighted by Crippen LogP contribution is 2.26. The van der Waals surface area contributed by atoms with Crippen molar-refractivity contribution in [2.75, 3.05) is 18.4 Å². The molecule has 0 aromatic heterocycles. The van der Waals surface area contributed by atoms with Gasteiger partial charge in [-0.05, 0) is 61.6 Å². The number of carbonyl (C=O) groups excluding carboxylic acids is 1. The molecular weight excluding hydrogens is 450 g/mol. The first-order valence-electron chi connectivity index (χ1n) is 9.84. The molecule has 1 aliphatic rings. The number of nitrogens with one attached hydrogen (secondary N) is 1. The molecule has 1 heterocycles. The first-order valence-corrected chi connectivity index (χ1v) is 11.7. The van der Waals surface area contributed by atoms with Gasteiger partial charge in [-0.15, -0.1) is 0 Å². The molecule has 6 nitrogen and oxygen atoms in total. The van der Waals surface area contributed by atoms with E-state index >= 15 is 0 Å². The van der Waals surface area contributed by atoms with Gasteiger partial charge in [-0.3, -0.25) is 4.79 Å². The largest absolute Gasteiger partial charge is 0.393 e. The molecule has 2 N–H and O–H groups in total. The first-order chi connectivity index (χ1) is 14.6. The first kappa shape index (κ1) is 23.6. The Kier molecular flexibility index (Phi) is 7.31. The number of aliphatic hydroxyl groups is 1. The zero-order valence-electron chi connectivity index (χ0n) is 16.8. The van der Waals surface area contributed by atoms with E-state index < -0.39 is 38.6 Å². The molecule has 0 saturated carbocycles. The summed E-state index contributed by atoms with van der Waals surface area (Å²) in [6.45, 7) is 2.13. The summed E-state index contributed by atoms with van der Waals surface area (Å²) >= 11 is 5.70. The van der Waals surface area contributed by atoms with Crippen molar-refractivity contribution in [2.24, 2.45) is 5.92 Å². The van der Waals surface area contributed by atoms with Crippen molar-refractivity contribution in [3.8, 4) is 0 Å². The third kappa shape index (κ3) is 5.41. The number of hydrogen-bond acceptors (Lipinski definition) is 4. The Morgan fingerprint density at radius 2 is 1.84 bits per heavy atom. The minimum Gasteiger partial charge on any atom is -0.393 e. The van der Waals surface area contributed by atoms with Crippen LogP contribution in [0.4, 0.5) is 14.5 Å². The van der Waals surface area contributed by atoms with Crippen molar-refractivity contribution in [3.05, 3.63) is 58.6 Å². The van der Waals surface area contributed by atoms with E-state index in [1.165, 1.54) is 22.5 Å². The standard InChI is InChI=1S/C21H23ClF2N2O4S/c1-13-8-10-26(9-2-3-19(13)27)31(29,30)20-11-14(4-6-18(20)24)21(28)25-15-5-7-17(23)16(22)12-15/h4-7,11-13,19,27H,2-3,8-10H2,1H3,(H,25,28). The van der Waals surface area contributed by atoms with Crippen LogP contribution in [-0.2, 0) is 10.0 Å². The number of hydrogen-bond donors (Lipinski definition) is 2. The van der Waals surface area contributed by atoms with Crippen molar-refractivity contribution >= 4 is 33.2 Å². The number of rotatable bonds is 4. The van der Waals surface area contributed by atoms with Gasteiger partial charge < -0.3 is 10.4 Å². The van der Waals surface area contributed by atoms with Gasteiger partial charge in [-0.1, -0.05) is 18.5 Å². The Bertz CT molecular complexity index is 1080. The highest BCUT2D eigenvalue weighted by Gasteiger charge is 2.30. The summed E-state index contributed by atoms with van der Waals surface area (Å²) in [5.74, 6) is -2.38. The molecule has 31 heavy (non-hydrogen) atoms. The lowest BCUT2D eigenvalue weighted by Gasteiger charge is -2.29. The molecule has 0 bridgehead atoms. The Balaban J connectivity index is 1.85. The maximum atomic E-state index is 14.5. The van der Waals surface area contributed by atoms with Gasteiger partial charge in [0.15, 0.2) is 0 Å². The summed E-state index contributed by atoms with van der Waals surface area (Å²) in [6.07, 6.45) is 0.845. The number of anilines is 1. The Morgan fingerprint density at radius 1 is 1.13 bits per heavy atom. The van der Waals surface area contributed by atoms with Crippen LogP contribution in [-0.4, -0.2) is 42.9 Å². The molecular formula is C21H23ClF2N2O4S. The molecule has 2 aromatic carbocycles. The molecule has 1 amide bonds. The molecule has 1 aliphatic heterocycles. The maximum absolute atomic E-state index is 14.5. The maximum Gasteiger partial charge on any atom is 0.255 e. The minimum absolute atomic E-state index is 0.0729. The van der Waals surface area contributed by atoms with Crippen LogP contribution >= 0.6 is 11.6 Å². The third-order valence-electron chi connectivity index (χ3n) is 5.39. The number of aliphatic hydroxyl groups excluding tert-OH is 1. The van der Waals surface area contributed by atoms with Crippen molar-refractivity contribution in [3.63, 3.8) is 0 Å². The highest BCUT2D eigenvalue weighted by atomic mass is 35.5. The van der Waals surface area contributed by atoms with Gasteiger partial charge in [-0.25, -0.2) is 17.2 Å². The zero-order chi connectivity index (χ0) is 22.8. The summed E-state index contributed by atoms with van der Waals surface area (Å²) in [4.78, 5) is 12.0. The predicted molar refractivity (Wildman–Crippen MR) is 114 cm³/mol. The monoisotopic (exact) mass is 472 g/mol. The SMILES string of the molecule is CC1CCN(S(=O)(=O)c2cc(C(=O)Nc3ccc(F)c(Cl)c3)ccc2F)CCCC1O. The van der Waals surface area contributed by atoms with Crippen LogP contribution < -0.4 is 5.32 Å². The molecule has 2 unspecified atom stereocenters. The van der Waals surface area contributed by atoms with Crippen molar-refractivity contribution in [1.29, 1.82) is 0 Å². The zero-order valence-corrected chi connectivity index (χ0v) is 18.4. The van der Waals surface area contributed by atoms with Crippen LogP contribution in [0.5, 0.6) is 0 Å². The number of carbonyl (C=O) groups is 1. The number of amides is 1. The molecule has 2 atom stereocenters. The van der Waals surface area contributed by atoms with Gasteiger partial charge in [0.2, 0.25) is 10.0 Å². The van der Waals surface area contributed by atoms with Crippen LogP contribution in [0.25, 0.3) is 0 Å². The van der Waals surface area contributed by atoms with Crippen LogP contribution in [0.2, 0.25) is 5.02 Å². The molecule has 1 saturated heterocycles. The molecule has 2 aromatic rings. The van der Waals surface area contributed by atoms with E-state index in [0.29, 0.717) is 19.3 Å². The molecule has 168 valence electrons. The van der Waals surface area contributed by atoms with Crippen molar-refractivity contribution < 1.29 is 27.1 Å². The number of benzene rings is 2. The van der Waals surface area contributed by atoms with Gasteiger partial charge in [0.1, 0.15) is 16.5 Å². The molecule has 0 aliphatic carbocycles. The second kappa shape index (κ2) is 9.60. The fourth-order valence-electron chi connectivity index (χ4n) is 3.41. The predicted octanol–water partition coefficient (Wildman–Crippen LogP) is 4.04. The Labute approximate surface area is 184 Å². The summed E-state index contributed by atoms with van der Waals surface area (Å²) in [5.41, 5.74) is 0.137.